The molecule has 0 aliphatic heterocycles. The number of aromatic nitrogens is 1. The predicted octanol–water partition coefficient (Wildman–Crippen LogP) is 2.16. The van der Waals surface area contributed by atoms with E-state index in [2.05, 4.69) is 17.2 Å². The number of H-pyrrole nitrogens is 1. The Labute approximate surface area is 114 Å². The first-order chi connectivity index (χ1) is 9.31. The minimum Gasteiger partial charge on any atom is -0.380 e. The van der Waals surface area contributed by atoms with Crippen molar-refractivity contribution in [3.05, 3.63) is 33.7 Å². The Bertz CT molecular complexity index is 442. The van der Waals surface area contributed by atoms with Gasteiger partial charge in [0.25, 0.3) is 0 Å². The lowest BCUT2D eigenvalue weighted by atomic mass is 9.91. The third-order valence-electron chi connectivity index (χ3n) is 3.61. The van der Waals surface area contributed by atoms with E-state index in [-0.39, 0.29) is 5.56 Å². The van der Waals surface area contributed by atoms with Crippen molar-refractivity contribution in [1.29, 1.82) is 0 Å². The molecule has 1 atom stereocenters. The van der Waals surface area contributed by atoms with Gasteiger partial charge < -0.3 is 15.0 Å². The van der Waals surface area contributed by atoms with E-state index in [1.54, 1.807) is 6.07 Å². The molecule has 0 bridgehead atoms. The summed E-state index contributed by atoms with van der Waals surface area (Å²) >= 11 is 0. The van der Waals surface area contributed by atoms with Gasteiger partial charge in [0, 0.05) is 31.0 Å². The van der Waals surface area contributed by atoms with Crippen molar-refractivity contribution in [2.45, 2.75) is 45.1 Å². The molecule has 0 saturated heterocycles. The highest BCUT2D eigenvalue weighted by atomic mass is 16.5. The molecule has 4 heteroatoms. The normalized spacial score (nSPS) is 18.3. The highest BCUT2D eigenvalue weighted by Gasteiger charge is 2.19. The van der Waals surface area contributed by atoms with E-state index in [0.717, 1.165) is 51.1 Å². The molecule has 0 aromatic carbocycles. The number of pyridine rings is 1. The van der Waals surface area contributed by atoms with E-state index >= 15 is 0 Å². The number of fused-ring (bicyclic) bond motifs is 1. The summed E-state index contributed by atoms with van der Waals surface area (Å²) in [5.74, 6) is 0. The molecule has 0 saturated carbocycles. The van der Waals surface area contributed by atoms with Crippen LogP contribution in [0.5, 0.6) is 0 Å². The molecule has 1 aromatic heterocycles. The van der Waals surface area contributed by atoms with E-state index in [9.17, 15) is 4.79 Å². The van der Waals surface area contributed by atoms with Gasteiger partial charge in [-0.05, 0) is 31.2 Å². The predicted molar refractivity (Wildman–Crippen MR) is 76.5 cm³/mol. The quantitative estimate of drug-likeness (QED) is 0.742. The Hall–Kier alpha value is -1.13. The molecule has 0 spiro atoms. The SMILES string of the molecule is CCCCOCCNC1CCCc2[nH]c(=O)ccc21. The van der Waals surface area contributed by atoms with Crippen molar-refractivity contribution in [2.24, 2.45) is 0 Å². The highest BCUT2D eigenvalue weighted by Crippen LogP contribution is 2.27. The number of hydrogen-bond donors (Lipinski definition) is 2. The molecule has 0 amide bonds. The first-order valence-electron chi connectivity index (χ1n) is 7.34. The van der Waals surface area contributed by atoms with Gasteiger partial charge >= 0.3 is 0 Å². The molecule has 2 rings (SSSR count). The maximum atomic E-state index is 11.3. The zero-order chi connectivity index (χ0) is 13.5. The average Bonchev–Trinajstić information content (AvgIpc) is 2.42. The molecule has 1 aliphatic carbocycles. The maximum absolute atomic E-state index is 11.3. The molecule has 2 N–H and O–H groups in total. The summed E-state index contributed by atoms with van der Waals surface area (Å²) in [6.07, 6.45) is 5.55. The van der Waals surface area contributed by atoms with Gasteiger partial charge in [-0.25, -0.2) is 0 Å². The molecule has 19 heavy (non-hydrogen) atoms. The number of hydrogen-bond acceptors (Lipinski definition) is 3. The van der Waals surface area contributed by atoms with Crippen LogP contribution in [0.3, 0.4) is 0 Å². The van der Waals surface area contributed by atoms with Gasteiger partial charge in [-0.15, -0.1) is 0 Å². The van der Waals surface area contributed by atoms with Gasteiger partial charge in [-0.3, -0.25) is 4.79 Å². The first-order valence-corrected chi connectivity index (χ1v) is 7.34. The van der Waals surface area contributed by atoms with Gasteiger partial charge in [-0.1, -0.05) is 19.4 Å². The molecular formula is C15H24N2O2. The minimum absolute atomic E-state index is 0.00213. The van der Waals surface area contributed by atoms with Gasteiger partial charge in [0.05, 0.1) is 6.61 Å². The summed E-state index contributed by atoms with van der Waals surface area (Å²) in [6, 6.07) is 3.94. The number of aryl methyl sites for hydroxylation is 1. The lowest BCUT2D eigenvalue weighted by Gasteiger charge is -2.26. The van der Waals surface area contributed by atoms with E-state index in [1.807, 2.05) is 6.07 Å². The van der Waals surface area contributed by atoms with Crippen molar-refractivity contribution in [3.8, 4) is 0 Å². The zero-order valence-electron chi connectivity index (χ0n) is 11.7. The Morgan fingerprint density at radius 1 is 1.42 bits per heavy atom. The summed E-state index contributed by atoms with van der Waals surface area (Å²) in [7, 11) is 0. The second-order valence-electron chi connectivity index (χ2n) is 5.12. The van der Waals surface area contributed by atoms with Crippen LogP contribution in [0.1, 0.15) is 49.9 Å². The third-order valence-corrected chi connectivity index (χ3v) is 3.61. The summed E-state index contributed by atoms with van der Waals surface area (Å²) < 4.78 is 5.55. The summed E-state index contributed by atoms with van der Waals surface area (Å²) in [5.41, 5.74) is 2.35. The maximum Gasteiger partial charge on any atom is 0.248 e. The second-order valence-corrected chi connectivity index (χ2v) is 5.12. The molecule has 106 valence electrons. The van der Waals surface area contributed by atoms with Crippen LogP contribution in [-0.2, 0) is 11.2 Å². The fourth-order valence-electron chi connectivity index (χ4n) is 2.57. The monoisotopic (exact) mass is 264 g/mol. The third kappa shape index (κ3) is 4.18. The van der Waals surface area contributed by atoms with E-state index in [1.165, 1.54) is 12.0 Å². The Morgan fingerprint density at radius 2 is 2.32 bits per heavy atom. The van der Waals surface area contributed by atoms with Crippen LogP contribution < -0.4 is 10.9 Å². The fourth-order valence-corrected chi connectivity index (χ4v) is 2.57. The van der Waals surface area contributed by atoms with Gasteiger partial charge in [0.2, 0.25) is 5.56 Å². The van der Waals surface area contributed by atoms with Crippen LogP contribution in [-0.4, -0.2) is 24.7 Å². The van der Waals surface area contributed by atoms with Crippen molar-refractivity contribution < 1.29 is 4.74 Å². The van der Waals surface area contributed by atoms with Crippen molar-refractivity contribution in [3.63, 3.8) is 0 Å². The average molecular weight is 264 g/mol. The lowest BCUT2D eigenvalue weighted by molar-refractivity contribution is 0.130. The molecule has 1 aromatic rings. The second kappa shape index (κ2) is 7.46. The molecule has 1 unspecified atom stereocenters. The van der Waals surface area contributed by atoms with Crippen LogP contribution in [0.15, 0.2) is 16.9 Å². The smallest absolute Gasteiger partial charge is 0.248 e. The van der Waals surface area contributed by atoms with E-state index in [0.29, 0.717) is 6.04 Å². The number of nitrogens with one attached hydrogen (secondary N) is 2. The van der Waals surface area contributed by atoms with Crippen LogP contribution in [0.2, 0.25) is 0 Å². The fraction of sp³-hybridized carbons (Fsp3) is 0.667. The highest BCUT2D eigenvalue weighted by molar-refractivity contribution is 5.26. The Morgan fingerprint density at radius 3 is 3.16 bits per heavy atom. The molecule has 0 fully saturated rings. The van der Waals surface area contributed by atoms with Crippen molar-refractivity contribution >= 4 is 0 Å². The van der Waals surface area contributed by atoms with E-state index in [4.69, 9.17) is 4.74 Å². The molecule has 4 nitrogen and oxygen atoms in total. The largest absolute Gasteiger partial charge is 0.380 e. The summed E-state index contributed by atoms with van der Waals surface area (Å²) in [5, 5.41) is 3.53. The van der Waals surface area contributed by atoms with Gasteiger partial charge in [-0.2, -0.15) is 0 Å². The van der Waals surface area contributed by atoms with Crippen LogP contribution in [0.25, 0.3) is 0 Å². The van der Waals surface area contributed by atoms with Gasteiger partial charge in [0.1, 0.15) is 0 Å². The summed E-state index contributed by atoms with van der Waals surface area (Å²) in [6.45, 7) is 4.65. The first kappa shape index (κ1) is 14.3. The van der Waals surface area contributed by atoms with Crippen molar-refractivity contribution in [2.75, 3.05) is 19.8 Å². The van der Waals surface area contributed by atoms with Gasteiger partial charge in [0.15, 0.2) is 0 Å². The summed E-state index contributed by atoms with van der Waals surface area (Å²) in [4.78, 5) is 14.3. The molecule has 1 heterocycles. The standard InChI is InChI=1S/C15H24N2O2/c1-2-3-10-19-11-9-16-13-5-4-6-14-12(13)7-8-15(18)17-14/h7-8,13,16H,2-6,9-11H2,1H3,(H,17,18). The number of unbranched alkanes of at least 4 members (excludes halogenated alkanes) is 1. The minimum atomic E-state index is 0.00213. The number of aromatic amines is 1. The molecule has 1 aliphatic rings. The topological polar surface area (TPSA) is 54.1 Å². The van der Waals surface area contributed by atoms with Crippen LogP contribution in [0.4, 0.5) is 0 Å². The van der Waals surface area contributed by atoms with Crippen molar-refractivity contribution in [1.82, 2.24) is 10.3 Å². The number of rotatable bonds is 7. The Kier molecular flexibility index (Phi) is 5.61. The Balaban J connectivity index is 1.81. The molecule has 0 radical (unpaired) electrons. The lowest BCUT2D eigenvalue weighted by Crippen LogP contribution is -2.29. The van der Waals surface area contributed by atoms with Crippen LogP contribution in [0, 0.1) is 0 Å². The van der Waals surface area contributed by atoms with E-state index < -0.39 is 0 Å². The zero-order valence-corrected chi connectivity index (χ0v) is 11.7. The molecular weight excluding hydrogens is 240 g/mol. The van der Waals surface area contributed by atoms with Crippen LogP contribution >= 0.6 is 0 Å². The number of ether oxygens (including phenoxy) is 1.